The molecule has 0 amide bonds. The van der Waals surface area contributed by atoms with E-state index < -0.39 is 5.60 Å². The lowest BCUT2D eigenvalue weighted by Crippen LogP contribution is -2.51. The van der Waals surface area contributed by atoms with E-state index in [0.717, 1.165) is 50.4 Å². The molecule has 7 heteroatoms. The van der Waals surface area contributed by atoms with Crippen molar-refractivity contribution in [1.29, 1.82) is 5.26 Å². The second-order valence-electron chi connectivity index (χ2n) is 12.9. The molecule has 6 rings (SSSR count). The Balaban J connectivity index is 1.17. The Kier molecular flexibility index (Phi) is 5.95. The van der Waals surface area contributed by atoms with Crippen molar-refractivity contribution in [3.05, 3.63) is 46.6 Å². The maximum Gasteiger partial charge on any atom is 0.350 e. The van der Waals surface area contributed by atoms with Crippen LogP contribution in [0.25, 0.3) is 5.69 Å². The molecular formula is C30H38N4O3. The van der Waals surface area contributed by atoms with Crippen LogP contribution in [0.15, 0.2) is 35.4 Å². The Bertz CT molecular complexity index is 1300. The zero-order valence-electron chi connectivity index (χ0n) is 22.0. The molecule has 196 valence electrons. The van der Waals surface area contributed by atoms with Gasteiger partial charge < -0.3 is 5.11 Å². The van der Waals surface area contributed by atoms with Crippen LogP contribution < -0.4 is 5.69 Å². The number of ketones is 1. The number of hydrogen-bond donors (Lipinski definition) is 1. The lowest BCUT2D eigenvalue weighted by atomic mass is 9.49. The van der Waals surface area contributed by atoms with Crippen molar-refractivity contribution in [2.24, 2.45) is 40.9 Å². The molecule has 2 aromatic rings. The Morgan fingerprint density at radius 1 is 1.11 bits per heavy atom. The number of carbonyl (C=O) groups excluding carboxylic acids is 1. The lowest BCUT2D eigenvalue weighted by molar-refractivity contribution is -0.133. The molecule has 0 bridgehead atoms. The van der Waals surface area contributed by atoms with Gasteiger partial charge in [-0.2, -0.15) is 15.0 Å². The molecule has 4 aliphatic carbocycles. The molecule has 1 N–H and O–H groups in total. The fourth-order valence-corrected chi connectivity index (χ4v) is 9.22. The molecule has 1 aromatic heterocycles. The smallest absolute Gasteiger partial charge is 0.350 e. The Morgan fingerprint density at radius 3 is 2.73 bits per heavy atom. The summed E-state index contributed by atoms with van der Waals surface area (Å²) < 4.78 is 2.68. The van der Waals surface area contributed by atoms with Crippen LogP contribution in [0.1, 0.15) is 77.2 Å². The van der Waals surface area contributed by atoms with Crippen molar-refractivity contribution < 1.29 is 9.90 Å². The number of aromatic nitrogens is 3. The van der Waals surface area contributed by atoms with Crippen molar-refractivity contribution in [3.8, 4) is 11.8 Å². The standard InChI is InChI=1S/C30H38N4O3/c1-29(37)12-10-22-20(15-29)6-7-24-23(22)11-13-30(2)25(24)8-9-26(30)27(35)17-33-18-32-34(28(33)36)21-5-3-4-19(14-21)16-31/h3-5,14,18,20,22-26,37H,6-13,15,17H2,1-2H3/t20-,22+,23-,24-,25+,26-,29-,30+/m1/s1. The summed E-state index contributed by atoms with van der Waals surface area (Å²) in [6.45, 7) is 4.41. The number of rotatable bonds is 4. The molecule has 4 saturated carbocycles. The summed E-state index contributed by atoms with van der Waals surface area (Å²) in [6, 6.07) is 8.87. The van der Waals surface area contributed by atoms with Gasteiger partial charge in [0.2, 0.25) is 0 Å². The van der Waals surface area contributed by atoms with Crippen molar-refractivity contribution in [3.63, 3.8) is 0 Å². The molecule has 7 nitrogen and oxygen atoms in total. The first kappa shape index (κ1) is 24.6. The molecule has 1 aromatic carbocycles. The first-order valence-corrected chi connectivity index (χ1v) is 14.1. The Labute approximate surface area is 218 Å². The third kappa shape index (κ3) is 4.09. The molecule has 37 heavy (non-hydrogen) atoms. The number of hydrogen-bond acceptors (Lipinski definition) is 5. The normalized spacial score (nSPS) is 38.8. The molecule has 8 atom stereocenters. The average Bonchev–Trinajstić information content (AvgIpc) is 3.42. The van der Waals surface area contributed by atoms with E-state index in [-0.39, 0.29) is 29.4 Å². The molecule has 0 aliphatic heterocycles. The van der Waals surface area contributed by atoms with Crippen LogP contribution in [0.5, 0.6) is 0 Å². The number of fused-ring (bicyclic) bond motifs is 5. The zero-order valence-corrected chi connectivity index (χ0v) is 22.0. The topological polar surface area (TPSA) is 101 Å². The van der Waals surface area contributed by atoms with Crippen LogP contribution in [0.3, 0.4) is 0 Å². The number of nitriles is 1. The van der Waals surface area contributed by atoms with Crippen LogP contribution in [0.2, 0.25) is 0 Å². The van der Waals surface area contributed by atoms with Gasteiger partial charge in [-0.05, 0) is 118 Å². The van der Waals surface area contributed by atoms with E-state index in [0.29, 0.717) is 29.0 Å². The molecule has 4 aliphatic rings. The summed E-state index contributed by atoms with van der Waals surface area (Å²) >= 11 is 0. The van der Waals surface area contributed by atoms with Gasteiger partial charge in [0.05, 0.1) is 29.5 Å². The van der Waals surface area contributed by atoms with Gasteiger partial charge >= 0.3 is 5.69 Å². The van der Waals surface area contributed by atoms with E-state index in [1.165, 1.54) is 34.8 Å². The quantitative estimate of drug-likeness (QED) is 0.664. The van der Waals surface area contributed by atoms with Crippen LogP contribution in [0, 0.1) is 52.3 Å². The molecule has 4 fully saturated rings. The lowest BCUT2D eigenvalue weighted by Gasteiger charge is -2.56. The Hall–Kier alpha value is -2.72. The minimum absolute atomic E-state index is 0.00593. The molecule has 0 radical (unpaired) electrons. The SMILES string of the molecule is C[C@@]1(O)CC[C@H]2[C@H](CC[C@@H]3[C@@H]2CC[C@]2(C)[C@@H](C(=O)Cn4cnn(-c5cccc(C#N)c5)c4=O)CC[C@@H]32)C1. The van der Waals surface area contributed by atoms with Gasteiger partial charge in [-0.1, -0.05) is 13.0 Å². The van der Waals surface area contributed by atoms with Gasteiger partial charge in [0, 0.05) is 5.92 Å². The van der Waals surface area contributed by atoms with Crippen molar-refractivity contribution in [1.82, 2.24) is 14.3 Å². The van der Waals surface area contributed by atoms with Crippen molar-refractivity contribution in [2.45, 2.75) is 83.8 Å². The first-order chi connectivity index (χ1) is 17.7. The minimum Gasteiger partial charge on any atom is -0.390 e. The van der Waals surface area contributed by atoms with Crippen LogP contribution >= 0.6 is 0 Å². The number of benzene rings is 1. The van der Waals surface area contributed by atoms with Crippen LogP contribution in [-0.2, 0) is 11.3 Å². The molecule has 0 unspecified atom stereocenters. The van der Waals surface area contributed by atoms with E-state index in [1.807, 2.05) is 6.92 Å². The largest absolute Gasteiger partial charge is 0.390 e. The van der Waals surface area contributed by atoms with Gasteiger partial charge in [0.15, 0.2) is 5.78 Å². The second-order valence-corrected chi connectivity index (χ2v) is 12.9. The fraction of sp³-hybridized carbons (Fsp3) is 0.667. The maximum absolute atomic E-state index is 13.7. The summed E-state index contributed by atoms with van der Waals surface area (Å²) in [5.41, 5.74) is 0.154. The van der Waals surface area contributed by atoms with Gasteiger partial charge in [0.1, 0.15) is 6.33 Å². The molecule has 0 saturated heterocycles. The summed E-state index contributed by atoms with van der Waals surface area (Å²) in [5.74, 6) is 3.55. The highest BCUT2D eigenvalue weighted by Crippen LogP contribution is 2.64. The Morgan fingerprint density at radius 2 is 1.92 bits per heavy atom. The zero-order chi connectivity index (χ0) is 25.9. The third-order valence-corrected chi connectivity index (χ3v) is 10.9. The summed E-state index contributed by atoms with van der Waals surface area (Å²) in [5, 5.41) is 24.1. The summed E-state index contributed by atoms with van der Waals surface area (Å²) in [6.07, 6.45) is 11.2. The average molecular weight is 503 g/mol. The predicted octanol–water partition coefficient (Wildman–Crippen LogP) is 4.49. The summed E-state index contributed by atoms with van der Waals surface area (Å²) in [7, 11) is 0. The van der Waals surface area contributed by atoms with Gasteiger partial charge in [0.25, 0.3) is 0 Å². The second kappa shape index (κ2) is 8.94. The minimum atomic E-state index is -0.494. The van der Waals surface area contributed by atoms with E-state index in [2.05, 4.69) is 18.1 Å². The monoisotopic (exact) mass is 502 g/mol. The molecule has 0 spiro atoms. The fourth-order valence-electron chi connectivity index (χ4n) is 9.22. The number of Topliss-reactive ketones (excluding diaryl/α,β-unsaturated/α-hetero) is 1. The van der Waals surface area contributed by atoms with E-state index >= 15 is 0 Å². The predicted molar refractivity (Wildman–Crippen MR) is 139 cm³/mol. The van der Waals surface area contributed by atoms with Crippen molar-refractivity contribution >= 4 is 5.78 Å². The highest BCUT2D eigenvalue weighted by molar-refractivity contribution is 5.82. The van der Waals surface area contributed by atoms with E-state index in [1.54, 1.807) is 24.3 Å². The van der Waals surface area contributed by atoms with Crippen molar-refractivity contribution in [2.75, 3.05) is 0 Å². The molecular weight excluding hydrogens is 464 g/mol. The van der Waals surface area contributed by atoms with Gasteiger partial charge in [-0.3, -0.25) is 9.36 Å². The summed E-state index contributed by atoms with van der Waals surface area (Å²) in [4.78, 5) is 26.7. The van der Waals surface area contributed by atoms with E-state index in [9.17, 15) is 20.0 Å². The number of aliphatic hydroxyl groups is 1. The van der Waals surface area contributed by atoms with Gasteiger partial charge in [-0.25, -0.2) is 4.79 Å². The third-order valence-electron chi connectivity index (χ3n) is 10.9. The van der Waals surface area contributed by atoms with Crippen LogP contribution in [0.4, 0.5) is 0 Å². The number of carbonyl (C=O) groups is 1. The molecule has 1 heterocycles. The maximum atomic E-state index is 13.7. The van der Waals surface area contributed by atoms with E-state index in [4.69, 9.17) is 0 Å². The first-order valence-electron chi connectivity index (χ1n) is 14.1. The van der Waals surface area contributed by atoms with Gasteiger partial charge in [-0.15, -0.1) is 0 Å². The van der Waals surface area contributed by atoms with Crippen LogP contribution in [-0.4, -0.2) is 30.8 Å². The highest BCUT2D eigenvalue weighted by atomic mass is 16.3. The highest BCUT2D eigenvalue weighted by Gasteiger charge is 2.58. The number of nitrogens with zero attached hydrogens (tertiary/aromatic N) is 4.